The van der Waals surface area contributed by atoms with Crippen LogP contribution in [0.5, 0.6) is 0 Å². The van der Waals surface area contributed by atoms with Gasteiger partial charge in [0.1, 0.15) is 12.6 Å². The number of nitrogens with zero attached hydrogens (tertiary/aromatic N) is 3. The number of rotatable bonds is 6. The fraction of sp³-hybridized carbons (Fsp3) is 0.360. The highest BCUT2D eigenvalue weighted by Crippen LogP contribution is 2.51. The Bertz CT molecular complexity index is 1320. The van der Waals surface area contributed by atoms with Crippen LogP contribution in [-0.4, -0.2) is 50.5 Å². The number of piperidine rings is 1. The van der Waals surface area contributed by atoms with Gasteiger partial charge in [0.15, 0.2) is 11.4 Å². The molecule has 34 heavy (non-hydrogen) atoms. The molecule has 3 aliphatic rings. The number of halogens is 1. The Morgan fingerprint density at radius 3 is 2.59 bits per heavy atom. The van der Waals surface area contributed by atoms with Crippen molar-refractivity contribution in [3.8, 4) is 0 Å². The van der Waals surface area contributed by atoms with E-state index in [-0.39, 0.29) is 36.5 Å². The van der Waals surface area contributed by atoms with E-state index < -0.39 is 23.7 Å². The molecule has 1 aliphatic heterocycles. The number of carbonyl (C=O) groups is 3. The molecule has 0 radical (unpaired) electrons. The van der Waals surface area contributed by atoms with Crippen molar-refractivity contribution in [3.05, 3.63) is 65.9 Å². The van der Waals surface area contributed by atoms with Crippen molar-refractivity contribution in [2.45, 2.75) is 49.6 Å². The van der Waals surface area contributed by atoms with Crippen LogP contribution in [0.15, 0.2) is 54.6 Å². The van der Waals surface area contributed by atoms with Gasteiger partial charge in [0.05, 0.1) is 11.6 Å². The quantitative estimate of drug-likeness (QED) is 0.584. The number of nitrogens with one attached hydrogen (secondary N) is 1. The van der Waals surface area contributed by atoms with Crippen LogP contribution in [0.1, 0.15) is 35.3 Å². The molecule has 6 rings (SSSR count). The van der Waals surface area contributed by atoms with Crippen LogP contribution in [0.2, 0.25) is 0 Å². The standard InChI is InChI=1S/C25H24FN5O3/c26-25(15-6-2-1-3-7-15)12-20(25)28-24(34)19-11-14-10-18(14)31(19)21(32)13-30-17-9-5-4-8-16(17)22(29-30)23(27)33/h1-9,14,18-20H,10-13H2,(H2,27,33)(H,28,34)/t14?,18-,19+,20?,25?/m1/s1. The van der Waals surface area contributed by atoms with Crippen molar-refractivity contribution in [1.82, 2.24) is 20.0 Å². The molecule has 2 heterocycles. The lowest BCUT2D eigenvalue weighted by atomic mass is 10.1. The lowest BCUT2D eigenvalue weighted by Gasteiger charge is -2.27. The Balaban J connectivity index is 1.19. The molecule has 5 atom stereocenters. The van der Waals surface area contributed by atoms with E-state index in [2.05, 4.69) is 10.4 Å². The van der Waals surface area contributed by atoms with Crippen molar-refractivity contribution in [2.75, 3.05) is 0 Å². The summed E-state index contributed by atoms with van der Waals surface area (Å²) >= 11 is 0. The molecule has 3 aromatic rings. The number of likely N-dealkylation sites (tertiary alicyclic amines) is 1. The molecule has 3 amide bonds. The number of benzene rings is 2. The monoisotopic (exact) mass is 461 g/mol. The second-order valence-electron chi connectivity index (χ2n) is 9.50. The fourth-order valence-corrected chi connectivity index (χ4v) is 5.39. The maximum atomic E-state index is 15.2. The molecule has 174 valence electrons. The van der Waals surface area contributed by atoms with Gasteiger partial charge >= 0.3 is 0 Å². The minimum absolute atomic E-state index is 0.0177. The van der Waals surface area contributed by atoms with Crippen molar-refractivity contribution in [2.24, 2.45) is 11.7 Å². The smallest absolute Gasteiger partial charge is 0.269 e. The van der Waals surface area contributed by atoms with Gasteiger partial charge in [-0.2, -0.15) is 5.10 Å². The third kappa shape index (κ3) is 3.26. The summed E-state index contributed by atoms with van der Waals surface area (Å²) in [7, 11) is 0. The van der Waals surface area contributed by atoms with Crippen LogP contribution in [0.3, 0.4) is 0 Å². The third-order valence-electron chi connectivity index (χ3n) is 7.33. The summed E-state index contributed by atoms with van der Waals surface area (Å²) in [5.41, 5.74) is 5.18. The minimum Gasteiger partial charge on any atom is -0.364 e. The molecule has 3 fully saturated rings. The number of hydrogen-bond acceptors (Lipinski definition) is 4. The number of amides is 3. The number of hydrogen-bond donors (Lipinski definition) is 2. The van der Waals surface area contributed by atoms with Crippen molar-refractivity contribution >= 4 is 28.6 Å². The average molecular weight is 461 g/mol. The molecular formula is C25H24FN5O3. The van der Waals surface area contributed by atoms with E-state index in [0.29, 0.717) is 28.8 Å². The Hall–Kier alpha value is -3.75. The van der Waals surface area contributed by atoms with E-state index in [1.165, 1.54) is 4.68 Å². The molecule has 2 aromatic carbocycles. The predicted octanol–water partition coefficient (Wildman–Crippen LogP) is 1.88. The summed E-state index contributed by atoms with van der Waals surface area (Å²) in [6.45, 7) is -0.110. The Morgan fingerprint density at radius 2 is 1.82 bits per heavy atom. The molecule has 1 saturated heterocycles. The first-order valence-corrected chi connectivity index (χ1v) is 11.5. The van der Waals surface area contributed by atoms with Crippen molar-refractivity contribution in [3.63, 3.8) is 0 Å². The second-order valence-corrected chi connectivity index (χ2v) is 9.50. The van der Waals surface area contributed by atoms with Crippen LogP contribution in [0.25, 0.3) is 10.9 Å². The number of fused-ring (bicyclic) bond motifs is 2. The Labute approximate surface area is 194 Å². The van der Waals surface area contributed by atoms with Crippen LogP contribution < -0.4 is 11.1 Å². The minimum atomic E-state index is -1.56. The molecular weight excluding hydrogens is 437 g/mol. The number of para-hydroxylation sites is 1. The highest BCUT2D eigenvalue weighted by atomic mass is 19.1. The van der Waals surface area contributed by atoms with Crippen LogP contribution >= 0.6 is 0 Å². The molecule has 0 bridgehead atoms. The van der Waals surface area contributed by atoms with Gasteiger partial charge in [0.25, 0.3) is 5.91 Å². The summed E-state index contributed by atoms with van der Waals surface area (Å²) in [4.78, 5) is 39.9. The topological polar surface area (TPSA) is 110 Å². The maximum absolute atomic E-state index is 15.2. The molecule has 2 saturated carbocycles. The summed E-state index contributed by atoms with van der Waals surface area (Å²) < 4.78 is 16.7. The van der Waals surface area contributed by atoms with E-state index >= 15 is 4.39 Å². The van der Waals surface area contributed by atoms with E-state index in [9.17, 15) is 14.4 Å². The highest BCUT2D eigenvalue weighted by molar-refractivity contribution is 6.04. The fourth-order valence-electron chi connectivity index (χ4n) is 5.39. The SMILES string of the molecule is NC(=O)c1nn(CC(=O)N2[C@@H]3CC3C[C@H]2C(=O)NC2CC2(F)c2ccccc2)c2ccccc12. The summed E-state index contributed by atoms with van der Waals surface area (Å²) in [6, 6.07) is 14.7. The van der Waals surface area contributed by atoms with E-state index in [4.69, 9.17) is 5.73 Å². The Morgan fingerprint density at radius 1 is 1.09 bits per heavy atom. The zero-order valence-corrected chi connectivity index (χ0v) is 18.4. The van der Waals surface area contributed by atoms with Gasteiger partial charge < -0.3 is 16.0 Å². The van der Waals surface area contributed by atoms with E-state index in [0.717, 1.165) is 6.42 Å². The molecule has 8 nitrogen and oxygen atoms in total. The van der Waals surface area contributed by atoms with Crippen molar-refractivity contribution in [1.29, 1.82) is 0 Å². The van der Waals surface area contributed by atoms with Gasteiger partial charge in [0.2, 0.25) is 11.8 Å². The molecule has 1 aromatic heterocycles. The summed E-state index contributed by atoms with van der Waals surface area (Å²) in [5.74, 6) is -0.941. The zero-order chi connectivity index (χ0) is 23.6. The van der Waals surface area contributed by atoms with Gasteiger partial charge in [-0.05, 0) is 30.4 Å². The number of primary amides is 1. The Kier molecular flexibility index (Phi) is 4.52. The second kappa shape index (κ2) is 7.38. The van der Waals surface area contributed by atoms with Gasteiger partial charge in [0, 0.05) is 17.8 Å². The largest absolute Gasteiger partial charge is 0.364 e. The number of nitrogens with two attached hydrogens (primary N) is 1. The summed E-state index contributed by atoms with van der Waals surface area (Å²) in [6.07, 6.45) is 1.67. The lowest BCUT2D eigenvalue weighted by molar-refractivity contribution is -0.140. The van der Waals surface area contributed by atoms with Gasteiger partial charge in [-0.3, -0.25) is 19.1 Å². The van der Waals surface area contributed by atoms with Gasteiger partial charge in [-0.15, -0.1) is 0 Å². The maximum Gasteiger partial charge on any atom is 0.269 e. The number of carbonyl (C=O) groups excluding carboxylic acids is 3. The molecule has 9 heteroatoms. The average Bonchev–Trinajstić information content (AvgIpc) is 3.65. The summed E-state index contributed by atoms with van der Waals surface area (Å²) in [5, 5.41) is 7.68. The molecule has 3 unspecified atom stereocenters. The number of alkyl halides is 1. The van der Waals surface area contributed by atoms with Crippen LogP contribution in [-0.2, 0) is 21.8 Å². The van der Waals surface area contributed by atoms with Gasteiger partial charge in [-0.25, -0.2) is 4.39 Å². The first-order valence-electron chi connectivity index (χ1n) is 11.5. The van der Waals surface area contributed by atoms with E-state index in [1.807, 2.05) is 6.07 Å². The first kappa shape index (κ1) is 20.8. The molecule has 2 aliphatic carbocycles. The van der Waals surface area contributed by atoms with E-state index in [1.54, 1.807) is 53.4 Å². The predicted molar refractivity (Wildman–Crippen MR) is 121 cm³/mol. The third-order valence-corrected chi connectivity index (χ3v) is 7.33. The van der Waals surface area contributed by atoms with Gasteiger partial charge in [-0.1, -0.05) is 48.5 Å². The van der Waals surface area contributed by atoms with Crippen LogP contribution in [0.4, 0.5) is 4.39 Å². The molecule has 3 N–H and O–H groups in total. The van der Waals surface area contributed by atoms with Crippen LogP contribution in [0, 0.1) is 5.92 Å². The molecule has 0 spiro atoms. The highest BCUT2D eigenvalue weighted by Gasteiger charge is 2.60. The zero-order valence-electron chi connectivity index (χ0n) is 18.4. The van der Waals surface area contributed by atoms with Crippen molar-refractivity contribution < 1.29 is 18.8 Å². The first-order chi connectivity index (χ1) is 16.4. The number of aromatic nitrogens is 2. The normalized spacial score (nSPS) is 29.0. The lowest BCUT2D eigenvalue weighted by Crippen LogP contribution is -2.50.